The van der Waals surface area contributed by atoms with Crippen molar-refractivity contribution in [3.63, 3.8) is 0 Å². The number of para-hydroxylation sites is 2. The number of aldehydes is 1. The van der Waals surface area contributed by atoms with Crippen LogP contribution in [0.1, 0.15) is 18.1 Å². The number of nitrogens with zero attached hydrogens (tertiary/aromatic N) is 4. The number of allylic oxidation sites excluding steroid dienone is 2. The van der Waals surface area contributed by atoms with Crippen LogP contribution in [0.5, 0.6) is 23.0 Å². The Kier molecular flexibility index (Phi) is 7.61. The summed E-state index contributed by atoms with van der Waals surface area (Å²) in [5, 5.41) is 38.4. The summed E-state index contributed by atoms with van der Waals surface area (Å²) in [6.45, 7) is 1.72. The fourth-order valence-electron chi connectivity index (χ4n) is 3.53. The van der Waals surface area contributed by atoms with E-state index < -0.39 is 0 Å². The molecule has 0 N–H and O–H groups in total. The second kappa shape index (κ2) is 11.3. The summed E-state index contributed by atoms with van der Waals surface area (Å²) >= 11 is 5.09. The molecule has 0 spiro atoms. The molecule has 11 heteroatoms. The van der Waals surface area contributed by atoms with E-state index in [0.717, 1.165) is 4.24 Å². The van der Waals surface area contributed by atoms with E-state index in [4.69, 9.17) is 9.47 Å². The number of rotatable bonds is 5. The molecule has 0 atom stereocenters. The summed E-state index contributed by atoms with van der Waals surface area (Å²) in [4.78, 5) is 14.2. The molecule has 2 aliphatic heterocycles. The van der Waals surface area contributed by atoms with Gasteiger partial charge in [-0.2, -0.15) is 21.0 Å². The Morgan fingerprint density at radius 3 is 1.51 bits per heavy atom. The molecule has 7 nitrogen and oxygen atoms in total. The van der Waals surface area contributed by atoms with Crippen LogP contribution >= 0.6 is 47.0 Å². The highest BCUT2D eigenvalue weighted by Gasteiger charge is 2.39. The molecule has 0 radical (unpaired) electrons. The van der Waals surface area contributed by atoms with E-state index in [9.17, 15) is 25.8 Å². The first-order valence-electron chi connectivity index (χ1n) is 11.0. The summed E-state index contributed by atoms with van der Waals surface area (Å²) in [5.74, 6) is 1.54. The normalized spacial score (nSPS) is 12.7. The molecule has 0 saturated heterocycles. The van der Waals surface area contributed by atoms with E-state index >= 15 is 0 Å². The summed E-state index contributed by atoms with van der Waals surface area (Å²) in [6, 6.07) is 22.0. The Morgan fingerprint density at radius 2 is 1.13 bits per heavy atom. The standard InChI is InChI=1S/C28H12N4O3S4/c1-15(10-29)27-36-23-21(34-19-8-4-2-6-16(19)11-30)25-26(39-28(38-25)18(13-32)14-33)22(24(23)37-27)35-20-9-5-3-7-17(20)12-31/h2-9,14H,1H3. The average Bonchev–Trinajstić information content (AvgIpc) is 3.61. The summed E-state index contributed by atoms with van der Waals surface area (Å²) in [5.41, 5.74) is 1.15. The van der Waals surface area contributed by atoms with Crippen LogP contribution in [0, 0.1) is 45.3 Å². The van der Waals surface area contributed by atoms with Gasteiger partial charge in [0.15, 0.2) is 17.8 Å². The average molecular weight is 581 g/mol. The number of nitriles is 4. The van der Waals surface area contributed by atoms with Gasteiger partial charge in [0.2, 0.25) is 0 Å². The Bertz CT molecular complexity index is 1700. The maximum Gasteiger partial charge on any atom is 0.162 e. The molecule has 2 heterocycles. The Morgan fingerprint density at radius 1 is 0.692 bits per heavy atom. The maximum absolute atomic E-state index is 11.7. The predicted octanol–water partition coefficient (Wildman–Crippen LogP) is 8.10. The monoisotopic (exact) mass is 580 g/mol. The maximum atomic E-state index is 11.7. The number of ether oxygens (including phenoxy) is 2. The second-order valence-corrected chi connectivity index (χ2v) is 12.4. The largest absolute Gasteiger partial charge is 0.453 e. The van der Waals surface area contributed by atoms with E-state index in [1.165, 1.54) is 47.0 Å². The molecule has 3 aromatic carbocycles. The van der Waals surface area contributed by atoms with Crippen molar-refractivity contribution in [2.75, 3.05) is 0 Å². The molecule has 0 unspecified atom stereocenters. The summed E-state index contributed by atoms with van der Waals surface area (Å²) in [6.07, 6.45) is 0.506. The highest BCUT2D eigenvalue weighted by Crippen LogP contribution is 2.69. The smallest absolute Gasteiger partial charge is 0.162 e. The van der Waals surface area contributed by atoms with Gasteiger partial charge in [0.25, 0.3) is 0 Å². The minimum absolute atomic E-state index is 0.0330. The zero-order valence-corrected chi connectivity index (χ0v) is 23.1. The molecule has 0 aromatic heterocycles. The van der Waals surface area contributed by atoms with Gasteiger partial charge in [0, 0.05) is 5.57 Å². The van der Waals surface area contributed by atoms with Crippen LogP contribution in [0.4, 0.5) is 0 Å². The van der Waals surface area contributed by atoms with Crippen molar-refractivity contribution in [2.45, 2.75) is 26.5 Å². The number of benzene rings is 3. The number of hydrogen-bond acceptors (Lipinski definition) is 11. The van der Waals surface area contributed by atoms with Crippen LogP contribution in [0.25, 0.3) is 0 Å². The van der Waals surface area contributed by atoms with Crippen molar-refractivity contribution in [1.82, 2.24) is 0 Å². The predicted molar refractivity (Wildman–Crippen MR) is 149 cm³/mol. The SMILES string of the molecule is CC(C#N)=C1Sc2c(Oc3ccccc3C#N)c3c(c(Oc4ccccc4C#N)c2S1)SC(=C(C#N)C=O)S3. The number of fused-ring (bicyclic) bond motifs is 2. The third-order valence-corrected chi connectivity index (χ3v) is 10.8. The molecule has 2 aliphatic rings. The molecular weight excluding hydrogens is 569 g/mol. The highest BCUT2D eigenvalue weighted by molar-refractivity contribution is 8.26. The van der Waals surface area contributed by atoms with Gasteiger partial charge in [0.1, 0.15) is 35.3 Å². The number of carbonyl (C=O) groups is 1. The molecule has 3 aromatic rings. The zero-order valence-electron chi connectivity index (χ0n) is 19.8. The second-order valence-electron chi connectivity index (χ2n) is 7.76. The third kappa shape index (κ3) is 4.86. The number of thioether (sulfide) groups is 4. The Labute approximate surface area is 240 Å². The summed E-state index contributed by atoms with van der Waals surface area (Å²) in [7, 11) is 0. The Balaban J connectivity index is 1.79. The molecule has 39 heavy (non-hydrogen) atoms. The van der Waals surface area contributed by atoms with E-state index in [0.29, 0.717) is 69.8 Å². The lowest BCUT2D eigenvalue weighted by Gasteiger charge is -2.18. The number of hydrogen-bond donors (Lipinski definition) is 0. The third-order valence-electron chi connectivity index (χ3n) is 5.39. The first-order valence-corrected chi connectivity index (χ1v) is 14.3. The van der Waals surface area contributed by atoms with Crippen molar-refractivity contribution in [1.29, 1.82) is 21.0 Å². The molecule has 0 saturated carbocycles. The van der Waals surface area contributed by atoms with Gasteiger partial charge in [-0.05, 0) is 31.2 Å². The first-order chi connectivity index (χ1) is 19.0. The van der Waals surface area contributed by atoms with Gasteiger partial charge in [-0.1, -0.05) is 71.3 Å². The van der Waals surface area contributed by atoms with Crippen LogP contribution in [0.2, 0.25) is 0 Å². The van der Waals surface area contributed by atoms with E-state index in [-0.39, 0.29) is 5.57 Å². The minimum Gasteiger partial charge on any atom is -0.453 e. The lowest BCUT2D eigenvalue weighted by molar-refractivity contribution is -0.104. The van der Waals surface area contributed by atoms with Crippen LogP contribution in [-0.4, -0.2) is 6.29 Å². The van der Waals surface area contributed by atoms with Crippen molar-refractivity contribution in [3.8, 4) is 47.3 Å². The van der Waals surface area contributed by atoms with Crippen molar-refractivity contribution in [3.05, 3.63) is 79.3 Å². The van der Waals surface area contributed by atoms with Gasteiger partial charge in [-0.25, -0.2) is 0 Å². The molecule has 0 amide bonds. The van der Waals surface area contributed by atoms with Gasteiger partial charge < -0.3 is 9.47 Å². The van der Waals surface area contributed by atoms with Crippen molar-refractivity contribution < 1.29 is 14.3 Å². The molecule has 0 aliphatic carbocycles. The van der Waals surface area contributed by atoms with Crippen LogP contribution in [0.3, 0.4) is 0 Å². The lowest BCUT2D eigenvalue weighted by atomic mass is 10.2. The zero-order chi connectivity index (χ0) is 27.5. The fraction of sp³-hybridized carbons (Fsp3) is 0.0357. The van der Waals surface area contributed by atoms with Crippen LogP contribution in [0.15, 0.2) is 87.7 Å². The van der Waals surface area contributed by atoms with Crippen molar-refractivity contribution in [2.24, 2.45) is 0 Å². The van der Waals surface area contributed by atoms with E-state index in [2.05, 4.69) is 18.2 Å². The molecule has 0 bridgehead atoms. The summed E-state index contributed by atoms with van der Waals surface area (Å²) < 4.78 is 14.0. The minimum atomic E-state index is -0.0330. The lowest BCUT2D eigenvalue weighted by Crippen LogP contribution is -1.97. The molecule has 5 rings (SSSR count). The quantitative estimate of drug-likeness (QED) is 0.165. The van der Waals surface area contributed by atoms with Crippen LogP contribution in [-0.2, 0) is 4.79 Å². The highest BCUT2D eigenvalue weighted by atomic mass is 32.2. The van der Waals surface area contributed by atoms with Gasteiger partial charge in [-0.15, -0.1) is 0 Å². The van der Waals surface area contributed by atoms with Gasteiger partial charge in [0.05, 0.1) is 45.3 Å². The van der Waals surface area contributed by atoms with Gasteiger partial charge >= 0.3 is 0 Å². The molecule has 0 fully saturated rings. The number of carbonyl (C=O) groups excluding carboxylic acids is 1. The van der Waals surface area contributed by atoms with Crippen molar-refractivity contribution >= 4 is 53.3 Å². The topological polar surface area (TPSA) is 131 Å². The fourth-order valence-corrected chi connectivity index (χ4v) is 8.73. The molecular formula is C28H12N4O3S4. The van der Waals surface area contributed by atoms with Gasteiger partial charge in [-0.3, -0.25) is 4.79 Å². The molecule has 186 valence electrons. The first kappa shape index (κ1) is 26.4. The Hall–Kier alpha value is -4.23. The van der Waals surface area contributed by atoms with E-state index in [1.54, 1.807) is 55.5 Å². The van der Waals surface area contributed by atoms with Crippen LogP contribution < -0.4 is 9.47 Å². The van der Waals surface area contributed by atoms with E-state index in [1.807, 2.05) is 6.07 Å².